The molecule has 1 nitrogen and oxygen atoms in total. The maximum absolute atomic E-state index is 3.08. The summed E-state index contributed by atoms with van der Waals surface area (Å²) in [7, 11) is 1.97. The fraction of sp³-hybridized carbons (Fsp3) is 0.714. The van der Waals surface area contributed by atoms with Gasteiger partial charge in [-0.25, -0.2) is 0 Å². The minimum atomic E-state index is 1.02. The zero-order chi connectivity index (χ0) is 6.41. The molecule has 0 fully saturated rings. The van der Waals surface area contributed by atoms with Crippen LogP contribution in [0.15, 0.2) is 11.6 Å². The van der Waals surface area contributed by atoms with Gasteiger partial charge < -0.3 is 5.32 Å². The molecule has 8 heavy (non-hydrogen) atoms. The van der Waals surface area contributed by atoms with Crippen LogP contribution in [-0.2, 0) is 0 Å². The van der Waals surface area contributed by atoms with Gasteiger partial charge in [0.25, 0.3) is 0 Å². The molecule has 0 aromatic heterocycles. The summed E-state index contributed by atoms with van der Waals surface area (Å²) in [6, 6.07) is 0. The minimum absolute atomic E-state index is 1.02. The maximum atomic E-state index is 3.08. The monoisotopic (exact) mass is 113 g/mol. The highest BCUT2D eigenvalue weighted by molar-refractivity contribution is 4.98. The third kappa shape index (κ3) is 3.88. The van der Waals surface area contributed by atoms with E-state index in [2.05, 4.69) is 25.2 Å². The van der Waals surface area contributed by atoms with Crippen LogP contribution in [0, 0.1) is 0 Å². The van der Waals surface area contributed by atoms with Crippen molar-refractivity contribution in [2.24, 2.45) is 0 Å². The lowest BCUT2D eigenvalue weighted by molar-refractivity contribution is 0.873. The van der Waals surface area contributed by atoms with Gasteiger partial charge in [-0.05, 0) is 20.4 Å². The summed E-state index contributed by atoms with van der Waals surface area (Å²) >= 11 is 0. The van der Waals surface area contributed by atoms with Crippen LogP contribution >= 0.6 is 0 Å². The number of allylic oxidation sites excluding steroid dienone is 1. The Labute approximate surface area is 51.8 Å². The van der Waals surface area contributed by atoms with Crippen LogP contribution in [-0.4, -0.2) is 13.6 Å². The first kappa shape index (κ1) is 7.70. The average molecular weight is 113 g/mol. The topological polar surface area (TPSA) is 12.0 Å². The lowest BCUT2D eigenvalue weighted by Crippen LogP contribution is -2.08. The van der Waals surface area contributed by atoms with Crippen molar-refractivity contribution >= 4 is 0 Å². The Morgan fingerprint density at radius 2 is 2.25 bits per heavy atom. The summed E-state index contributed by atoms with van der Waals surface area (Å²) in [5.74, 6) is 0. The number of hydrogen-bond donors (Lipinski definition) is 1. The van der Waals surface area contributed by atoms with E-state index in [1.54, 1.807) is 0 Å². The van der Waals surface area contributed by atoms with Crippen LogP contribution in [0.25, 0.3) is 0 Å². The molecular weight excluding hydrogens is 98.1 g/mol. The second-order valence-electron chi connectivity index (χ2n) is 1.99. The predicted molar refractivity (Wildman–Crippen MR) is 38.0 cm³/mol. The Morgan fingerprint density at radius 3 is 2.62 bits per heavy atom. The Hall–Kier alpha value is -0.300. The summed E-state index contributed by atoms with van der Waals surface area (Å²) in [5, 5.41) is 3.08. The molecule has 0 aromatic carbocycles. The molecule has 1 heteroatoms. The van der Waals surface area contributed by atoms with Gasteiger partial charge in [-0.15, -0.1) is 0 Å². The maximum Gasteiger partial charge on any atom is 0.0158 e. The van der Waals surface area contributed by atoms with Crippen molar-refractivity contribution in [3.05, 3.63) is 11.6 Å². The van der Waals surface area contributed by atoms with E-state index in [0.717, 1.165) is 13.0 Å². The summed E-state index contributed by atoms with van der Waals surface area (Å²) in [6.45, 7) is 5.31. The molecule has 0 bridgehead atoms. The van der Waals surface area contributed by atoms with Gasteiger partial charge in [0, 0.05) is 6.54 Å². The fourth-order valence-corrected chi connectivity index (χ4v) is 0.699. The highest BCUT2D eigenvalue weighted by atomic mass is 14.8. The van der Waals surface area contributed by atoms with Gasteiger partial charge >= 0.3 is 0 Å². The van der Waals surface area contributed by atoms with E-state index in [-0.39, 0.29) is 0 Å². The van der Waals surface area contributed by atoms with Gasteiger partial charge in [0.05, 0.1) is 0 Å². The first-order valence-corrected chi connectivity index (χ1v) is 3.11. The molecule has 0 aromatic rings. The molecule has 1 N–H and O–H groups in total. The highest BCUT2D eigenvalue weighted by Crippen LogP contribution is 1.90. The van der Waals surface area contributed by atoms with E-state index in [9.17, 15) is 0 Å². The van der Waals surface area contributed by atoms with E-state index < -0.39 is 0 Å². The SMILES string of the molecule is CC/C=C(/C)CNC. The van der Waals surface area contributed by atoms with Crippen molar-refractivity contribution < 1.29 is 0 Å². The summed E-state index contributed by atoms with van der Waals surface area (Å²) in [4.78, 5) is 0. The van der Waals surface area contributed by atoms with Crippen molar-refractivity contribution in [3.8, 4) is 0 Å². The summed E-state index contributed by atoms with van der Waals surface area (Å²) in [5.41, 5.74) is 1.43. The van der Waals surface area contributed by atoms with Crippen LogP contribution in [0.5, 0.6) is 0 Å². The minimum Gasteiger partial charge on any atom is -0.316 e. The van der Waals surface area contributed by atoms with E-state index in [0.29, 0.717) is 0 Å². The van der Waals surface area contributed by atoms with Gasteiger partial charge in [0.1, 0.15) is 0 Å². The largest absolute Gasteiger partial charge is 0.316 e. The fourth-order valence-electron chi connectivity index (χ4n) is 0.699. The first-order valence-electron chi connectivity index (χ1n) is 3.11. The quantitative estimate of drug-likeness (QED) is 0.548. The van der Waals surface area contributed by atoms with Crippen LogP contribution < -0.4 is 5.32 Å². The van der Waals surface area contributed by atoms with Gasteiger partial charge in [0.15, 0.2) is 0 Å². The van der Waals surface area contributed by atoms with Gasteiger partial charge in [-0.3, -0.25) is 0 Å². The Morgan fingerprint density at radius 1 is 1.62 bits per heavy atom. The zero-order valence-corrected chi connectivity index (χ0v) is 5.99. The molecule has 0 atom stereocenters. The Kier molecular flexibility index (Phi) is 4.67. The molecule has 0 heterocycles. The number of rotatable bonds is 3. The molecular formula is C7H15N. The molecule has 48 valence electrons. The third-order valence-corrected chi connectivity index (χ3v) is 1.01. The molecule has 0 saturated carbocycles. The lowest BCUT2D eigenvalue weighted by atomic mass is 10.2. The molecule has 0 aliphatic rings. The molecule has 0 unspecified atom stereocenters. The normalized spacial score (nSPS) is 12.1. The smallest absolute Gasteiger partial charge is 0.0158 e. The van der Waals surface area contributed by atoms with Crippen LogP contribution in [0.1, 0.15) is 20.3 Å². The second-order valence-corrected chi connectivity index (χ2v) is 1.99. The highest BCUT2D eigenvalue weighted by Gasteiger charge is 1.80. The van der Waals surface area contributed by atoms with Gasteiger partial charge in [0.2, 0.25) is 0 Å². The third-order valence-electron chi connectivity index (χ3n) is 1.01. The van der Waals surface area contributed by atoms with Crippen LogP contribution in [0.2, 0.25) is 0 Å². The molecule has 0 saturated heterocycles. The number of likely N-dealkylation sites (N-methyl/N-ethyl adjacent to an activating group) is 1. The molecule has 0 rings (SSSR count). The Balaban J connectivity index is 3.29. The summed E-state index contributed by atoms with van der Waals surface area (Å²) in [6.07, 6.45) is 3.38. The standard InChI is InChI=1S/C7H15N/c1-4-5-7(2)6-8-3/h5,8H,4,6H2,1-3H3/b7-5-. The van der Waals surface area contributed by atoms with Crippen molar-refractivity contribution in [1.82, 2.24) is 5.32 Å². The molecule has 0 radical (unpaired) electrons. The van der Waals surface area contributed by atoms with Crippen molar-refractivity contribution in [3.63, 3.8) is 0 Å². The van der Waals surface area contributed by atoms with E-state index in [4.69, 9.17) is 0 Å². The second kappa shape index (κ2) is 4.85. The van der Waals surface area contributed by atoms with Crippen molar-refractivity contribution in [2.45, 2.75) is 20.3 Å². The van der Waals surface area contributed by atoms with Crippen LogP contribution in [0.3, 0.4) is 0 Å². The first-order chi connectivity index (χ1) is 3.81. The van der Waals surface area contributed by atoms with E-state index >= 15 is 0 Å². The molecule has 0 spiro atoms. The van der Waals surface area contributed by atoms with Gasteiger partial charge in [-0.2, -0.15) is 0 Å². The molecule has 0 amide bonds. The van der Waals surface area contributed by atoms with Crippen molar-refractivity contribution in [2.75, 3.05) is 13.6 Å². The predicted octanol–water partition coefficient (Wildman–Crippen LogP) is 1.56. The Bertz CT molecular complexity index is 74.5. The zero-order valence-electron chi connectivity index (χ0n) is 5.99. The van der Waals surface area contributed by atoms with Gasteiger partial charge in [-0.1, -0.05) is 18.6 Å². The van der Waals surface area contributed by atoms with Crippen molar-refractivity contribution in [1.29, 1.82) is 0 Å². The van der Waals surface area contributed by atoms with E-state index in [1.807, 2.05) is 7.05 Å². The average Bonchev–Trinajstić information content (AvgIpc) is 1.68. The van der Waals surface area contributed by atoms with Crippen LogP contribution in [0.4, 0.5) is 0 Å². The summed E-state index contributed by atoms with van der Waals surface area (Å²) < 4.78 is 0. The van der Waals surface area contributed by atoms with E-state index in [1.165, 1.54) is 5.57 Å². The molecule has 0 aliphatic heterocycles. The molecule has 0 aliphatic carbocycles. The number of nitrogens with one attached hydrogen (secondary N) is 1. The number of hydrogen-bond acceptors (Lipinski definition) is 1. The lowest BCUT2D eigenvalue weighted by Gasteiger charge is -1.95.